The number of benzene rings is 1. The molecule has 1 aromatic carbocycles. The quantitative estimate of drug-likeness (QED) is 0.739. The van der Waals surface area contributed by atoms with Crippen molar-refractivity contribution in [1.29, 1.82) is 0 Å². The second-order valence-corrected chi connectivity index (χ2v) is 9.33. The summed E-state index contributed by atoms with van der Waals surface area (Å²) >= 11 is 0. The molecule has 1 aromatic rings. The van der Waals surface area contributed by atoms with Crippen LogP contribution in [0.25, 0.3) is 0 Å². The third kappa shape index (κ3) is 3.65. The zero-order valence-corrected chi connectivity index (χ0v) is 17.4. The van der Waals surface area contributed by atoms with E-state index in [2.05, 4.69) is 21.6 Å². The topological polar surface area (TPSA) is 81.8 Å². The third-order valence-electron chi connectivity index (χ3n) is 7.39. The average Bonchev–Trinajstić information content (AvgIpc) is 3.07. The van der Waals surface area contributed by atoms with Crippen LogP contribution in [0.1, 0.15) is 66.4 Å². The van der Waals surface area contributed by atoms with Crippen LogP contribution in [0.15, 0.2) is 18.2 Å². The zero-order chi connectivity index (χ0) is 20.7. The van der Waals surface area contributed by atoms with Gasteiger partial charge in [0, 0.05) is 43.7 Å². The summed E-state index contributed by atoms with van der Waals surface area (Å²) < 4.78 is 0. The largest absolute Gasteiger partial charge is 0.322 e. The maximum Gasteiger partial charge on any atom is 0.255 e. The number of rotatable bonds is 3. The lowest BCUT2D eigenvalue weighted by molar-refractivity contribution is -0.136. The predicted octanol–water partition coefficient (Wildman–Crippen LogP) is 1.56. The van der Waals surface area contributed by atoms with Crippen molar-refractivity contribution in [3.8, 4) is 0 Å². The van der Waals surface area contributed by atoms with Crippen molar-refractivity contribution < 1.29 is 14.4 Å². The van der Waals surface area contributed by atoms with Gasteiger partial charge in [0.25, 0.3) is 5.91 Å². The SMILES string of the molecule is O=C1CCC(N2Cc3ccc(CN4CCC5(CCCCN5)CC4)cc3C2=O)C(=O)N1. The summed E-state index contributed by atoms with van der Waals surface area (Å²) in [6.45, 7) is 4.62. The molecule has 0 radical (unpaired) electrons. The Morgan fingerprint density at radius 1 is 1.07 bits per heavy atom. The Morgan fingerprint density at radius 2 is 1.90 bits per heavy atom. The van der Waals surface area contributed by atoms with Crippen LogP contribution in [0.4, 0.5) is 0 Å². The normalized spacial score (nSPS) is 26.7. The van der Waals surface area contributed by atoms with E-state index in [-0.39, 0.29) is 24.1 Å². The van der Waals surface area contributed by atoms with E-state index in [9.17, 15) is 14.4 Å². The minimum atomic E-state index is -0.549. The number of amides is 3. The molecule has 30 heavy (non-hydrogen) atoms. The summed E-state index contributed by atoms with van der Waals surface area (Å²) in [4.78, 5) is 40.7. The summed E-state index contributed by atoms with van der Waals surface area (Å²) in [6.07, 6.45) is 7.01. The van der Waals surface area contributed by atoms with Gasteiger partial charge in [-0.1, -0.05) is 18.6 Å². The van der Waals surface area contributed by atoms with Gasteiger partial charge in [0.05, 0.1) is 0 Å². The average molecular weight is 411 g/mol. The molecule has 4 aliphatic rings. The van der Waals surface area contributed by atoms with Gasteiger partial charge < -0.3 is 10.2 Å². The molecule has 7 heteroatoms. The second kappa shape index (κ2) is 7.78. The lowest BCUT2D eigenvalue weighted by Crippen LogP contribution is -2.55. The fraction of sp³-hybridized carbons (Fsp3) is 0.609. The highest BCUT2D eigenvalue weighted by Gasteiger charge is 2.39. The molecule has 1 spiro atoms. The Labute approximate surface area is 177 Å². The van der Waals surface area contributed by atoms with E-state index in [0.29, 0.717) is 24.1 Å². The second-order valence-electron chi connectivity index (χ2n) is 9.33. The summed E-state index contributed by atoms with van der Waals surface area (Å²) in [6, 6.07) is 5.60. The summed E-state index contributed by atoms with van der Waals surface area (Å²) in [5.74, 6) is -0.703. The molecule has 4 aliphatic heterocycles. The molecule has 4 heterocycles. The van der Waals surface area contributed by atoms with E-state index in [0.717, 1.165) is 37.3 Å². The maximum atomic E-state index is 13.0. The number of carbonyl (C=O) groups is 3. The van der Waals surface area contributed by atoms with Crippen LogP contribution in [-0.2, 0) is 22.7 Å². The number of hydrogen-bond donors (Lipinski definition) is 2. The fourth-order valence-electron chi connectivity index (χ4n) is 5.55. The highest BCUT2D eigenvalue weighted by molar-refractivity contribution is 6.05. The van der Waals surface area contributed by atoms with Crippen molar-refractivity contribution in [2.75, 3.05) is 19.6 Å². The van der Waals surface area contributed by atoms with Crippen LogP contribution in [0.3, 0.4) is 0 Å². The lowest BCUT2D eigenvalue weighted by atomic mass is 9.80. The van der Waals surface area contributed by atoms with Gasteiger partial charge in [0.2, 0.25) is 11.8 Å². The van der Waals surface area contributed by atoms with Crippen molar-refractivity contribution in [3.63, 3.8) is 0 Å². The van der Waals surface area contributed by atoms with Crippen LogP contribution in [0.2, 0.25) is 0 Å². The minimum absolute atomic E-state index is 0.0923. The Balaban J connectivity index is 1.23. The van der Waals surface area contributed by atoms with Gasteiger partial charge in [-0.25, -0.2) is 0 Å². The molecule has 0 aliphatic carbocycles. The van der Waals surface area contributed by atoms with Gasteiger partial charge >= 0.3 is 0 Å². The van der Waals surface area contributed by atoms with Crippen molar-refractivity contribution >= 4 is 17.7 Å². The number of imide groups is 1. The third-order valence-corrected chi connectivity index (χ3v) is 7.39. The van der Waals surface area contributed by atoms with Gasteiger partial charge in [0.15, 0.2) is 0 Å². The fourth-order valence-corrected chi connectivity index (χ4v) is 5.55. The molecule has 5 rings (SSSR count). The summed E-state index contributed by atoms with van der Waals surface area (Å²) in [5.41, 5.74) is 3.18. The first-order valence-electron chi connectivity index (χ1n) is 11.3. The van der Waals surface area contributed by atoms with Gasteiger partial charge in [-0.05, 0) is 55.8 Å². The number of likely N-dealkylation sites (tertiary alicyclic amines) is 1. The molecule has 2 N–H and O–H groups in total. The molecule has 160 valence electrons. The van der Waals surface area contributed by atoms with Crippen LogP contribution in [0.5, 0.6) is 0 Å². The Bertz CT molecular complexity index is 867. The van der Waals surface area contributed by atoms with Crippen LogP contribution in [-0.4, -0.2) is 58.7 Å². The van der Waals surface area contributed by atoms with Gasteiger partial charge in [-0.15, -0.1) is 0 Å². The summed E-state index contributed by atoms with van der Waals surface area (Å²) in [7, 11) is 0. The maximum absolute atomic E-state index is 13.0. The van der Waals surface area contributed by atoms with Crippen LogP contribution < -0.4 is 10.6 Å². The molecular weight excluding hydrogens is 380 g/mol. The molecule has 3 fully saturated rings. The standard InChI is InChI=1S/C23H30N4O3/c28-20-6-5-19(21(29)25-20)27-15-17-4-3-16(13-18(17)22(27)30)14-26-11-8-23(9-12-26)7-1-2-10-24-23/h3-4,13,19,24H,1-2,5-12,14-15H2,(H,25,28,29). The van der Waals surface area contributed by atoms with E-state index in [4.69, 9.17) is 0 Å². The van der Waals surface area contributed by atoms with E-state index in [1.54, 1.807) is 4.90 Å². The molecule has 7 nitrogen and oxygen atoms in total. The molecule has 0 bridgehead atoms. The van der Waals surface area contributed by atoms with Gasteiger partial charge in [-0.3, -0.25) is 24.6 Å². The van der Waals surface area contributed by atoms with Gasteiger partial charge in [0.1, 0.15) is 6.04 Å². The van der Waals surface area contributed by atoms with Crippen molar-refractivity contribution in [2.45, 2.75) is 69.6 Å². The van der Waals surface area contributed by atoms with Crippen molar-refractivity contribution in [2.24, 2.45) is 0 Å². The van der Waals surface area contributed by atoms with Crippen LogP contribution in [0, 0.1) is 0 Å². The molecule has 3 saturated heterocycles. The van der Waals surface area contributed by atoms with E-state index in [1.165, 1.54) is 32.1 Å². The highest BCUT2D eigenvalue weighted by Crippen LogP contribution is 2.32. The lowest BCUT2D eigenvalue weighted by Gasteiger charge is -2.45. The number of nitrogens with one attached hydrogen (secondary N) is 2. The number of nitrogens with zero attached hydrogens (tertiary/aromatic N) is 2. The van der Waals surface area contributed by atoms with Crippen molar-refractivity contribution in [3.05, 3.63) is 34.9 Å². The van der Waals surface area contributed by atoms with E-state index in [1.807, 2.05) is 12.1 Å². The van der Waals surface area contributed by atoms with E-state index < -0.39 is 6.04 Å². The number of piperidine rings is 3. The first kappa shape index (κ1) is 19.7. The number of fused-ring (bicyclic) bond motifs is 1. The Kier molecular flexibility index (Phi) is 5.11. The minimum Gasteiger partial charge on any atom is -0.322 e. The molecule has 3 amide bonds. The van der Waals surface area contributed by atoms with Gasteiger partial charge in [-0.2, -0.15) is 0 Å². The Hall–Kier alpha value is -2.25. The molecule has 0 aromatic heterocycles. The first-order chi connectivity index (χ1) is 14.5. The first-order valence-corrected chi connectivity index (χ1v) is 11.3. The molecule has 1 unspecified atom stereocenters. The highest BCUT2D eigenvalue weighted by atomic mass is 16.2. The van der Waals surface area contributed by atoms with E-state index >= 15 is 0 Å². The Morgan fingerprint density at radius 3 is 2.63 bits per heavy atom. The molecule has 0 saturated carbocycles. The number of hydrogen-bond acceptors (Lipinski definition) is 5. The summed E-state index contributed by atoms with van der Waals surface area (Å²) in [5, 5.41) is 6.13. The smallest absolute Gasteiger partial charge is 0.255 e. The number of carbonyl (C=O) groups excluding carboxylic acids is 3. The predicted molar refractivity (Wildman–Crippen MR) is 112 cm³/mol. The van der Waals surface area contributed by atoms with Crippen molar-refractivity contribution in [1.82, 2.24) is 20.4 Å². The monoisotopic (exact) mass is 410 g/mol. The molecular formula is C23H30N4O3. The molecule has 1 atom stereocenters. The van der Waals surface area contributed by atoms with Crippen LogP contribution >= 0.6 is 0 Å². The zero-order valence-electron chi connectivity index (χ0n) is 17.4.